The second kappa shape index (κ2) is 12.9. The molecule has 9 heteroatoms. The van der Waals surface area contributed by atoms with Crippen LogP contribution in [0.5, 0.6) is 5.75 Å². The van der Waals surface area contributed by atoms with E-state index in [4.69, 9.17) is 19.9 Å². The van der Waals surface area contributed by atoms with E-state index in [9.17, 15) is 4.79 Å². The molecule has 204 valence electrons. The van der Waals surface area contributed by atoms with Gasteiger partial charge in [-0.2, -0.15) is 0 Å². The van der Waals surface area contributed by atoms with Gasteiger partial charge in [-0.15, -0.1) is 0 Å². The number of fused-ring (bicyclic) bond motifs is 1. The Bertz CT molecular complexity index is 1200. The Morgan fingerprint density at radius 2 is 1.97 bits per heavy atom. The van der Waals surface area contributed by atoms with E-state index in [0.29, 0.717) is 37.0 Å². The molecule has 38 heavy (non-hydrogen) atoms. The molecule has 2 fully saturated rings. The number of aliphatic imine (C=N–C) groups is 1. The van der Waals surface area contributed by atoms with E-state index in [-0.39, 0.29) is 23.8 Å². The van der Waals surface area contributed by atoms with Crippen molar-refractivity contribution in [1.82, 2.24) is 10.2 Å². The maximum Gasteiger partial charge on any atom is 0.272 e. The number of benzene rings is 2. The molecule has 2 aliphatic heterocycles. The minimum atomic E-state index is -0.150. The summed E-state index contributed by atoms with van der Waals surface area (Å²) in [5, 5.41) is 9.10. The molecule has 0 spiro atoms. The number of anilines is 1. The minimum absolute atomic E-state index is 0.0561. The number of allylic oxidation sites excluding steroid dienone is 1. The molecule has 0 aliphatic carbocycles. The topological polar surface area (TPSA) is 110 Å². The summed E-state index contributed by atoms with van der Waals surface area (Å²) >= 11 is 0. The van der Waals surface area contributed by atoms with Crippen molar-refractivity contribution in [1.29, 1.82) is 0 Å². The highest BCUT2D eigenvalue weighted by atomic mass is 16.5. The van der Waals surface area contributed by atoms with Gasteiger partial charge in [-0.05, 0) is 37.6 Å². The van der Waals surface area contributed by atoms with Crippen LogP contribution in [0.15, 0.2) is 64.9 Å². The molecule has 2 aromatic rings. The van der Waals surface area contributed by atoms with Crippen LogP contribution < -0.4 is 21.1 Å². The molecule has 9 nitrogen and oxygen atoms in total. The summed E-state index contributed by atoms with van der Waals surface area (Å²) in [5.41, 5.74) is 7.94. The van der Waals surface area contributed by atoms with Crippen LogP contribution in [0.4, 0.5) is 5.69 Å². The van der Waals surface area contributed by atoms with Crippen molar-refractivity contribution < 1.29 is 19.0 Å². The van der Waals surface area contributed by atoms with Crippen LogP contribution in [0.2, 0.25) is 0 Å². The Labute approximate surface area is 224 Å². The van der Waals surface area contributed by atoms with E-state index in [1.165, 1.54) is 0 Å². The first kappa shape index (κ1) is 27.6. The highest BCUT2D eigenvalue weighted by Gasteiger charge is 2.31. The number of ether oxygens (including phenoxy) is 3. The first-order valence-corrected chi connectivity index (χ1v) is 13.1. The average Bonchev–Trinajstić information content (AvgIpc) is 2.95. The van der Waals surface area contributed by atoms with Crippen molar-refractivity contribution in [2.75, 3.05) is 45.8 Å². The lowest BCUT2D eigenvalue weighted by molar-refractivity contribution is -0.128. The van der Waals surface area contributed by atoms with Crippen LogP contribution in [0.1, 0.15) is 26.2 Å². The summed E-state index contributed by atoms with van der Waals surface area (Å²) in [6.07, 6.45) is 3.85. The summed E-state index contributed by atoms with van der Waals surface area (Å²) < 4.78 is 16.7. The van der Waals surface area contributed by atoms with Crippen molar-refractivity contribution in [3.05, 3.63) is 59.9 Å². The highest BCUT2D eigenvalue weighted by molar-refractivity contribution is 5.96. The third kappa shape index (κ3) is 6.35. The molecule has 2 aliphatic rings. The van der Waals surface area contributed by atoms with Gasteiger partial charge in [0.2, 0.25) is 0 Å². The lowest BCUT2D eigenvalue weighted by Gasteiger charge is -2.38. The van der Waals surface area contributed by atoms with Crippen LogP contribution in [0, 0.1) is 0 Å². The van der Waals surface area contributed by atoms with Crippen molar-refractivity contribution >= 4 is 28.7 Å². The maximum absolute atomic E-state index is 13.5. The van der Waals surface area contributed by atoms with E-state index < -0.39 is 0 Å². The number of hydrogen-bond acceptors (Lipinski definition) is 7. The van der Waals surface area contributed by atoms with Crippen LogP contribution >= 0.6 is 0 Å². The molecule has 4 N–H and O–H groups in total. The molecule has 0 unspecified atom stereocenters. The van der Waals surface area contributed by atoms with Crippen LogP contribution in [0.3, 0.4) is 0 Å². The third-order valence-corrected chi connectivity index (χ3v) is 7.39. The molecule has 2 heterocycles. The monoisotopic (exact) mass is 521 g/mol. The summed E-state index contributed by atoms with van der Waals surface area (Å²) in [6.45, 7) is 8.63. The Kier molecular flexibility index (Phi) is 9.38. The van der Waals surface area contributed by atoms with Crippen molar-refractivity contribution in [3.8, 4) is 5.75 Å². The summed E-state index contributed by atoms with van der Waals surface area (Å²) in [6, 6.07) is 12.5. The van der Waals surface area contributed by atoms with Gasteiger partial charge in [-0.1, -0.05) is 30.8 Å². The average molecular weight is 522 g/mol. The number of carbonyl (C=O) groups excluding carboxylic acids is 1. The number of carbonyl (C=O) groups is 1. The van der Waals surface area contributed by atoms with Crippen LogP contribution in [-0.4, -0.2) is 75.9 Å². The molecule has 1 amide bonds. The number of methoxy groups -OCH3 is 2. The quantitative estimate of drug-likeness (QED) is 0.201. The standard InChI is InChI=1S/C29H39N5O4/c1-19(20(2)32-23-15-21-7-5-6-8-24(21)26(16-23)36-3)28(31-18-30)29(35)34-12-9-22(10-13-34)33-25-11-14-38-17-27(25)37-4/h5-8,15-16,18,22,25,27,32-33H,2,9-14,17H2,1,3-4H3,(H2,30,31)/b28-19-/t25-,27+/m1/s1. The smallest absolute Gasteiger partial charge is 0.272 e. The van der Waals surface area contributed by atoms with E-state index in [2.05, 4.69) is 22.2 Å². The first-order chi connectivity index (χ1) is 18.4. The largest absolute Gasteiger partial charge is 0.496 e. The van der Waals surface area contributed by atoms with E-state index in [0.717, 1.165) is 54.4 Å². The predicted octanol–water partition coefficient (Wildman–Crippen LogP) is 3.42. The summed E-state index contributed by atoms with van der Waals surface area (Å²) in [5.74, 6) is 0.605. The molecular formula is C29H39N5O4. The molecule has 2 saturated heterocycles. The Morgan fingerprint density at radius 1 is 1.21 bits per heavy atom. The van der Waals surface area contributed by atoms with Gasteiger partial charge in [0.15, 0.2) is 0 Å². The summed E-state index contributed by atoms with van der Waals surface area (Å²) in [7, 11) is 3.37. The Balaban J connectivity index is 1.43. The van der Waals surface area contributed by atoms with Gasteiger partial charge < -0.3 is 35.5 Å². The summed E-state index contributed by atoms with van der Waals surface area (Å²) in [4.78, 5) is 19.6. The molecule has 2 atom stereocenters. The first-order valence-electron chi connectivity index (χ1n) is 13.1. The molecule has 0 saturated carbocycles. The number of nitrogens with zero attached hydrogens (tertiary/aromatic N) is 2. The SMILES string of the molecule is C=C(Nc1cc(OC)c2ccccc2c1)/C(C)=C(\N=C/N)C(=O)N1CCC(N[C@@H]2CCOC[C@@H]2OC)CC1. The van der Waals surface area contributed by atoms with Gasteiger partial charge in [0, 0.05) is 67.3 Å². The second-order valence-electron chi connectivity index (χ2n) is 9.73. The number of amides is 1. The number of hydrogen-bond donors (Lipinski definition) is 3. The maximum atomic E-state index is 13.5. The normalized spacial score (nSPS) is 21.4. The zero-order valence-electron chi connectivity index (χ0n) is 22.5. The fourth-order valence-corrected chi connectivity index (χ4v) is 5.15. The van der Waals surface area contributed by atoms with Gasteiger partial charge >= 0.3 is 0 Å². The van der Waals surface area contributed by atoms with Gasteiger partial charge in [0.05, 0.1) is 26.2 Å². The zero-order valence-corrected chi connectivity index (χ0v) is 22.5. The number of nitrogens with two attached hydrogens (primary N) is 1. The predicted molar refractivity (Wildman–Crippen MR) is 151 cm³/mol. The number of nitrogens with one attached hydrogen (secondary N) is 2. The van der Waals surface area contributed by atoms with Crippen molar-refractivity contribution in [3.63, 3.8) is 0 Å². The third-order valence-electron chi connectivity index (χ3n) is 7.39. The fourth-order valence-electron chi connectivity index (χ4n) is 5.15. The van der Waals surface area contributed by atoms with Crippen LogP contribution in [0.25, 0.3) is 10.8 Å². The number of rotatable bonds is 9. The highest BCUT2D eigenvalue weighted by Crippen LogP contribution is 2.31. The number of likely N-dealkylation sites (tertiary alicyclic amines) is 1. The lowest BCUT2D eigenvalue weighted by Crippen LogP contribution is -2.54. The molecular weight excluding hydrogens is 482 g/mol. The van der Waals surface area contributed by atoms with Gasteiger partial charge in [0.1, 0.15) is 11.4 Å². The Morgan fingerprint density at radius 3 is 2.68 bits per heavy atom. The van der Waals surface area contributed by atoms with E-state index >= 15 is 0 Å². The van der Waals surface area contributed by atoms with Gasteiger partial charge in [-0.3, -0.25) is 4.79 Å². The molecule has 0 radical (unpaired) electrons. The Hall–Kier alpha value is -3.40. The zero-order chi connectivity index (χ0) is 27.1. The molecule has 4 rings (SSSR count). The number of piperidine rings is 1. The van der Waals surface area contributed by atoms with Gasteiger partial charge in [-0.25, -0.2) is 4.99 Å². The van der Waals surface area contributed by atoms with Crippen molar-refractivity contribution in [2.45, 2.75) is 44.4 Å². The van der Waals surface area contributed by atoms with Gasteiger partial charge in [0.25, 0.3) is 5.91 Å². The van der Waals surface area contributed by atoms with Crippen molar-refractivity contribution in [2.24, 2.45) is 10.7 Å². The van der Waals surface area contributed by atoms with E-state index in [1.54, 1.807) is 14.2 Å². The second-order valence-corrected chi connectivity index (χ2v) is 9.73. The fraction of sp³-hybridized carbons (Fsp3) is 0.448. The van der Waals surface area contributed by atoms with Crippen LogP contribution in [-0.2, 0) is 14.3 Å². The lowest BCUT2D eigenvalue weighted by atomic mass is 9.99. The minimum Gasteiger partial charge on any atom is -0.496 e. The molecule has 2 aromatic carbocycles. The van der Waals surface area contributed by atoms with E-state index in [1.807, 2.05) is 48.2 Å². The molecule has 0 bridgehead atoms. The molecule has 0 aromatic heterocycles.